The van der Waals surface area contributed by atoms with Crippen molar-refractivity contribution >= 4 is 27.5 Å². The molecule has 0 radical (unpaired) electrons. The fourth-order valence-corrected chi connectivity index (χ4v) is 4.63. The van der Waals surface area contributed by atoms with Gasteiger partial charge in [-0.1, -0.05) is 37.4 Å². The van der Waals surface area contributed by atoms with Gasteiger partial charge in [0.1, 0.15) is 0 Å². The average Bonchev–Trinajstić information content (AvgIpc) is 2.59. The van der Waals surface area contributed by atoms with Crippen LogP contribution >= 0.6 is 11.6 Å². The molecule has 8 heteroatoms. The SMILES string of the molecule is CCCCCNC(=O)C[NH+]1CCN(S(=O)(=O)c2cccc(Cl)c2)CC1. The molecule has 0 aliphatic carbocycles. The Kier molecular flexibility index (Phi) is 7.68. The lowest BCUT2D eigenvalue weighted by molar-refractivity contribution is -0.895. The zero-order chi connectivity index (χ0) is 18.3. The van der Waals surface area contributed by atoms with Crippen molar-refractivity contribution in [3.05, 3.63) is 29.3 Å². The van der Waals surface area contributed by atoms with Gasteiger partial charge in [-0.2, -0.15) is 4.31 Å². The Labute approximate surface area is 155 Å². The van der Waals surface area contributed by atoms with Gasteiger partial charge in [-0.3, -0.25) is 4.79 Å². The number of halogens is 1. The van der Waals surface area contributed by atoms with Crippen molar-refractivity contribution < 1.29 is 18.1 Å². The van der Waals surface area contributed by atoms with E-state index < -0.39 is 10.0 Å². The van der Waals surface area contributed by atoms with E-state index in [1.807, 2.05) is 0 Å². The van der Waals surface area contributed by atoms with E-state index in [-0.39, 0.29) is 10.8 Å². The number of carbonyl (C=O) groups excluding carboxylic acids is 1. The van der Waals surface area contributed by atoms with Gasteiger partial charge in [0.2, 0.25) is 10.0 Å². The van der Waals surface area contributed by atoms with Gasteiger partial charge in [0.15, 0.2) is 6.54 Å². The van der Waals surface area contributed by atoms with E-state index >= 15 is 0 Å². The monoisotopic (exact) mass is 388 g/mol. The molecule has 140 valence electrons. The third-order valence-electron chi connectivity index (χ3n) is 4.38. The van der Waals surface area contributed by atoms with Crippen LogP contribution in [-0.4, -0.2) is 57.9 Å². The maximum absolute atomic E-state index is 12.6. The Morgan fingerprint density at radius 3 is 2.64 bits per heavy atom. The van der Waals surface area contributed by atoms with E-state index in [4.69, 9.17) is 11.6 Å². The number of amides is 1. The van der Waals surface area contributed by atoms with E-state index in [0.717, 1.165) is 30.7 Å². The van der Waals surface area contributed by atoms with Crippen molar-refractivity contribution in [2.45, 2.75) is 31.1 Å². The third kappa shape index (κ3) is 5.95. The number of sulfonamides is 1. The molecule has 0 atom stereocenters. The van der Waals surface area contributed by atoms with Crippen LogP contribution in [0.3, 0.4) is 0 Å². The number of unbranched alkanes of at least 4 members (excludes halogenated alkanes) is 2. The lowest BCUT2D eigenvalue weighted by atomic mass is 10.2. The van der Waals surface area contributed by atoms with Crippen molar-refractivity contribution in [2.75, 3.05) is 39.3 Å². The summed E-state index contributed by atoms with van der Waals surface area (Å²) in [4.78, 5) is 13.3. The number of quaternary nitrogens is 1. The Morgan fingerprint density at radius 1 is 1.28 bits per heavy atom. The first kappa shape index (κ1) is 20.2. The van der Waals surface area contributed by atoms with Crippen LogP contribution in [0.1, 0.15) is 26.2 Å². The van der Waals surface area contributed by atoms with Gasteiger partial charge in [-0.25, -0.2) is 8.42 Å². The van der Waals surface area contributed by atoms with Crippen molar-refractivity contribution in [3.8, 4) is 0 Å². The van der Waals surface area contributed by atoms with Crippen LogP contribution in [0.5, 0.6) is 0 Å². The third-order valence-corrected chi connectivity index (χ3v) is 6.51. The molecule has 1 aliphatic heterocycles. The molecule has 1 saturated heterocycles. The smallest absolute Gasteiger partial charge is 0.275 e. The van der Waals surface area contributed by atoms with E-state index in [2.05, 4.69) is 12.2 Å². The van der Waals surface area contributed by atoms with Crippen LogP contribution in [0.2, 0.25) is 5.02 Å². The molecule has 0 spiro atoms. The fourth-order valence-electron chi connectivity index (χ4n) is 2.89. The number of nitrogens with zero attached hydrogens (tertiary/aromatic N) is 1. The van der Waals surface area contributed by atoms with Gasteiger partial charge in [-0.15, -0.1) is 0 Å². The predicted octanol–water partition coefficient (Wildman–Crippen LogP) is 0.536. The summed E-state index contributed by atoms with van der Waals surface area (Å²) < 4.78 is 26.8. The summed E-state index contributed by atoms with van der Waals surface area (Å²) >= 11 is 5.90. The van der Waals surface area contributed by atoms with Gasteiger partial charge >= 0.3 is 0 Å². The minimum absolute atomic E-state index is 0.0391. The number of nitrogens with one attached hydrogen (secondary N) is 2. The topological polar surface area (TPSA) is 70.9 Å². The minimum atomic E-state index is -3.52. The van der Waals surface area contributed by atoms with Crippen LogP contribution in [0, 0.1) is 0 Å². The summed E-state index contributed by atoms with van der Waals surface area (Å²) in [6.07, 6.45) is 3.25. The molecule has 25 heavy (non-hydrogen) atoms. The van der Waals surface area contributed by atoms with Gasteiger partial charge in [-0.05, 0) is 24.6 Å². The van der Waals surface area contributed by atoms with Gasteiger partial charge in [0.25, 0.3) is 5.91 Å². The average molecular weight is 389 g/mol. The van der Waals surface area contributed by atoms with Crippen molar-refractivity contribution in [1.82, 2.24) is 9.62 Å². The molecule has 1 aliphatic rings. The molecule has 1 fully saturated rings. The van der Waals surface area contributed by atoms with Gasteiger partial charge in [0, 0.05) is 11.6 Å². The fraction of sp³-hybridized carbons (Fsp3) is 0.588. The molecule has 1 heterocycles. The molecule has 1 amide bonds. The highest BCUT2D eigenvalue weighted by molar-refractivity contribution is 7.89. The number of benzene rings is 1. The molecular formula is C17H27ClN3O3S+. The molecule has 0 aromatic heterocycles. The largest absolute Gasteiger partial charge is 0.351 e. The normalized spacial score (nSPS) is 16.7. The summed E-state index contributed by atoms with van der Waals surface area (Å²) in [5, 5.41) is 3.34. The van der Waals surface area contributed by atoms with E-state index in [0.29, 0.717) is 37.7 Å². The van der Waals surface area contributed by atoms with Crippen molar-refractivity contribution in [3.63, 3.8) is 0 Å². The van der Waals surface area contributed by atoms with Gasteiger partial charge < -0.3 is 10.2 Å². The second kappa shape index (κ2) is 9.52. The number of carbonyl (C=O) groups is 1. The van der Waals surface area contributed by atoms with Crippen LogP contribution < -0.4 is 10.2 Å². The molecule has 6 nitrogen and oxygen atoms in total. The maximum atomic E-state index is 12.6. The van der Waals surface area contributed by atoms with Crippen molar-refractivity contribution in [1.29, 1.82) is 0 Å². The zero-order valence-electron chi connectivity index (χ0n) is 14.6. The number of hydrogen-bond donors (Lipinski definition) is 2. The van der Waals surface area contributed by atoms with E-state index in [9.17, 15) is 13.2 Å². The molecule has 0 unspecified atom stereocenters. The van der Waals surface area contributed by atoms with E-state index in [1.165, 1.54) is 10.4 Å². The van der Waals surface area contributed by atoms with Crippen LogP contribution in [0.25, 0.3) is 0 Å². The highest BCUT2D eigenvalue weighted by Crippen LogP contribution is 2.19. The highest BCUT2D eigenvalue weighted by atomic mass is 35.5. The Hall–Kier alpha value is -1.15. The molecule has 2 N–H and O–H groups in total. The zero-order valence-corrected chi connectivity index (χ0v) is 16.2. The quantitative estimate of drug-likeness (QED) is 0.638. The number of hydrogen-bond acceptors (Lipinski definition) is 3. The molecular weight excluding hydrogens is 362 g/mol. The Morgan fingerprint density at radius 2 is 2.00 bits per heavy atom. The Bertz CT molecular complexity index is 673. The van der Waals surface area contributed by atoms with Crippen LogP contribution in [-0.2, 0) is 14.8 Å². The molecule has 1 aromatic rings. The molecule has 0 saturated carbocycles. The molecule has 1 aromatic carbocycles. The van der Waals surface area contributed by atoms with Gasteiger partial charge in [0.05, 0.1) is 31.1 Å². The van der Waals surface area contributed by atoms with E-state index in [1.54, 1.807) is 18.2 Å². The lowest BCUT2D eigenvalue weighted by Crippen LogP contribution is -3.15. The number of piperazine rings is 1. The van der Waals surface area contributed by atoms with Crippen LogP contribution in [0.15, 0.2) is 29.2 Å². The second-order valence-corrected chi connectivity index (χ2v) is 8.72. The molecule has 2 rings (SSSR count). The summed E-state index contributed by atoms with van der Waals surface area (Å²) in [5.41, 5.74) is 0. The van der Waals surface area contributed by atoms with Crippen LogP contribution in [0.4, 0.5) is 0 Å². The number of rotatable bonds is 8. The molecule has 0 bridgehead atoms. The standard InChI is InChI=1S/C17H26ClN3O3S/c1-2-3-4-8-19-17(22)14-20-9-11-21(12-10-20)25(23,24)16-7-5-6-15(18)13-16/h5-7,13H,2-4,8-12,14H2,1H3,(H,19,22)/p+1. The summed E-state index contributed by atoms with van der Waals surface area (Å²) in [6.45, 7) is 5.32. The summed E-state index contributed by atoms with van der Waals surface area (Å²) in [7, 11) is -3.52. The first-order valence-corrected chi connectivity index (χ1v) is 10.6. The van der Waals surface area contributed by atoms with Crippen molar-refractivity contribution in [2.24, 2.45) is 0 Å². The maximum Gasteiger partial charge on any atom is 0.275 e. The summed E-state index contributed by atoms with van der Waals surface area (Å²) in [6, 6.07) is 6.32. The predicted molar refractivity (Wildman–Crippen MR) is 98.3 cm³/mol. The Balaban J connectivity index is 1.82. The summed E-state index contributed by atoms with van der Waals surface area (Å²) in [5.74, 6) is 0.0391. The minimum Gasteiger partial charge on any atom is -0.351 e. The first-order chi connectivity index (χ1) is 11.9. The lowest BCUT2D eigenvalue weighted by Gasteiger charge is -2.31. The second-order valence-electron chi connectivity index (χ2n) is 6.35. The highest BCUT2D eigenvalue weighted by Gasteiger charge is 2.31. The first-order valence-electron chi connectivity index (χ1n) is 8.79.